The second kappa shape index (κ2) is 13.4. The topological polar surface area (TPSA) is 89.6 Å². The first-order chi connectivity index (χ1) is 18.3. The molecular formula is C29H41N3O6. The lowest BCUT2D eigenvalue weighted by atomic mass is 9.79. The number of unbranched alkanes of at least 4 members (excludes halogenated alkanes) is 1. The van der Waals surface area contributed by atoms with Crippen LogP contribution in [-0.2, 0) is 4.79 Å². The number of carbonyl (C=O) groups is 2. The summed E-state index contributed by atoms with van der Waals surface area (Å²) < 4.78 is 21.9. The fourth-order valence-corrected chi connectivity index (χ4v) is 5.04. The lowest BCUT2D eigenvalue weighted by molar-refractivity contribution is -0.124. The first-order valence-electron chi connectivity index (χ1n) is 13.1. The Bertz CT molecular complexity index is 1120. The van der Waals surface area contributed by atoms with Gasteiger partial charge in [0, 0.05) is 25.7 Å². The van der Waals surface area contributed by atoms with Crippen LogP contribution in [0.2, 0.25) is 0 Å². The van der Waals surface area contributed by atoms with Gasteiger partial charge < -0.3 is 34.1 Å². The van der Waals surface area contributed by atoms with Crippen LogP contribution in [0.25, 0.3) is 0 Å². The molecule has 1 heterocycles. The van der Waals surface area contributed by atoms with Crippen molar-refractivity contribution in [1.82, 2.24) is 15.1 Å². The summed E-state index contributed by atoms with van der Waals surface area (Å²) >= 11 is 0. The Kier molecular flexibility index (Phi) is 10.2. The van der Waals surface area contributed by atoms with Gasteiger partial charge in [0.15, 0.2) is 23.0 Å². The smallest absolute Gasteiger partial charge is 0.254 e. The van der Waals surface area contributed by atoms with Crippen molar-refractivity contribution in [2.24, 2.45) is 0 Å². The highest BCUT2D eigenvalue weighted by Crippen LogP contribution is 2.46. The van der Waals surface area contributed by atoms with Gasteiger partial charge in [0.1, 0.15) is 0 Å². The average Bonchev–Trinajstić information content (AvgIpc) is 2.95. The van der Waals surface area contributed by atoms with Crippen LogP contribution in [0.5, 0.6) is 23.0 Å². The van der Waals surface area contributed by atoms with E-state index in [1.165, 1.54) is 14.2 Å². The van der Waals surface area contributed by atoms with Gasteiger partial charge >= 0.3 is 0 Å². The van der Waals surface area contributed by atoms with E-state index >= 15 is 0 Å². The van der Waals surface area contributed by atoms with Gasteiger partial charge in [-0.3, -0.25) is 9.59 Å². The number of carbonyl (C=O) groups excluding carboxylic acids is 2. The zero-order chi connectivity index (χ0) is 27.8. The molecule has 2 atom stereocenters. The Balaban J connectivity index is 2.05. The van der Waals surface area contributed by atoms with Crippen molar-refractivity contribution in [1.29, 1.82) is 0 Å². The zero-order valence-corrected chi connectivity index (χ0v) is 23.6. The quantitative estimate of drug-likeness (QED) is 0.423. The number of ether oxygens (including phenoxy) is 4. The van der Waals surface area contributed by atoms with Crippen LogP contribution in [0.1, 0.15) is 60.1 Å². The van der Waals surface area contributed by atoms with Gasteiger partial charge in [-0.2, -0.15) is 0 Å². The number of nitrogens with one attached hydrogen (secondary N) is 1. The van der Waals surface area contributed by atoms with Gasteiger partial charge in [-0.15, -0.1) is 0 Å². The number of methoxy groups -OCH3 is 4. The molecule has 0 radical (unpaired) electrons. The van der Waals surface area contributed by atoms with Crippen molar-refractivity contribution in [3.63, 3.8) is 0 Å². The minimum atomic E-state index is -0.684. The van der Waals surface area contributed by atoms with Crippen LogP contribution in [0.15, 0.2) is 30.3 Å². The molecular weight excluding hydrogens is 486 g/mol. The highest BCUT2D eigenvalue weighted by molar-refractivity contribution is 6.02. The van der Waals surface area contributed by atoms with Gasteiger partial charge in [0.2, 0.25) is 5.91 Å². The van der Waals surface area contributed by atoms with Crippen molar-refractivity contribution in [2.75, 3.05) is 61.7 Å². The van der Waals surface area contributed by atoms with E-state index in [0.29, 0.717) is 40.7 Å². The standard InChI is InChI=1S/C29H41N3O6/c1-8-10-14-32(9-2)15-13-30-28(33)26-20-17-24(37-6)25(38-7)18-21(20)29(34)31(3)27(26)19-11-12-22(35-4)23(16-19)36-5/h11-12,16-18,26-27H,8-10,13-15H2,1-7H3,(H,30,33)/t26-,27-/m1/s1. The fraction of sp³-hybridized carbons (Fsp3) is 0.517. The Labute approximate surface area is 226 Å². The first-order valence-corrected chi connectivity index (χ1v) is 13.1. The van der Waals surface area contributed by atoms with Crippen LogP contribution in [-0.4, -0.2) is 83.3 Å². The molecule has 1 aliphatic heterocycles. The molecule has 2 aromatic rings. The van der Waals surface area contributed by atoms with Crippen LogP contribution in [0.4, 0.5) is 0 Å². The SMILES string of the molecule is CCCCN(CC)CCNC(=O)[C@@H]1c2cc(OC)c(OC)cc2C(=O)N(C)[C@@H]1c1ccc(OC)c(OC)c1. The number of benzene rings is 2. The minimum absolute atomic E-state index is 0.163. The summed E-state index contributed by atoms with van der Waals surface area (Å²) in [7, 11) is 7.91. The third-order valence-corrected chi connectivity index (χ3v) is 7.21. The molecule has 1 N–H and O–H groups in total. The Hall–Kier alpha value is -3.46. The number of likely N-dealkylation sites (N-methyl/N-ethyl adjacent to an activating group) is 2. The normalized spacial score (nSPS) is 16.7. The Morgan fingerprint density at radius 1 is 0.921 bits per heavy atom. The highest BCUT2D eigenvalue weighted by atomic mass is 16.5. The summed E-state index contributed by atoms with van der Waals surface area (Å²) in [5, 5.41) is 3.14. The van der Waals surface area contributed by atoms with Crippen molar-refractivity contribution < 1.29 is 28.5 Å². The molecule has 9 nitrogen and oxygen atoms in total. The number of fused-ring (bicyclic) bond motifs is 1. The highest BCUT2D eigenvalue weighted by Gasteiger charge is 2.43. The van der Waals surface area contributed by atoms with Gasteiger partial charge in [-0.05, 0) is 54.9 Å². The van der Waals surface area contributed by atoms with Gasteiger partial charge in [0.25, 0.3) is 5.91 Å². The number of hydrogen-bond acceptors (Lipinski definition) is 7. The summed E-state index contributed by atoms with van der Waals surface area (Å²) in [6, 6.07) is 8.31. The molecule has 0 unspecified atom stereocenters. The maximum Gasteiger partial charge on any atom is 0.254 e. The van der Waals surface area contributed by atoms with Crippen LogP contribution < -0.4 is 24.3 Å². The van der Waals surface area contributed by atoms with Gasteiger partial charge in [-0.25, -0.2) is 0 Å². The molecule has 2 amide bonds. The number of hydrogen-bond donors (Lipinski definition) is 1. The number of amides is 2. The van der Waals surface area contributed by atoms with Crippen LogP contribution in [0, 0.1) is 0 Å². The third kappa shape index (κ3) is 5.99. The zero-order valence-electron chi connectivity index (χ0n) is 23.6. The van der Waals surface area contributed by atoms with Crippen molar-refractivity contribution in [3.8, 4) is 23.0 Å². The summed E-state index contributed by atoms with van der Waals surface area (Å²) in [4.78, 5) is 31.4. The summed E-state index contributed by atoms with van der Waals surface area (Å²) in [5.41, 5.74) is 1.78. The lowest BCUT2D eigenvalue weighted by Crippen LogP contribution is -2.46. The van der Waals surface area contributed by atoms with E-state index in [1.54, 1.807) is 44.4 Å². The van der Waals surface area contributed by atoms with E-state index in [-0.39, 0.29) is 11.8 Å². The van der Waals surface area contributed by atoms with E-state index < -0.39 is 12.0 Å². The van der Waals surface area contributed by atoms with Gasteiger partial charge in [-0.1, -0.05) is 26.3 Å². The molecule has 0 saturated carbocycles. The molecule has 2 aromatic carbocycles. The molecule has 208 valence electrons. The monoisotopic (exact) mass is 527 g/mol. The predicted molar refractivity (Wildman–Crippen MR) is 147 cm³/mol. The molecule has 3 rings (SSSR count). The van der Waals surface area contributed by atoms with Crippen molar-refractivity contribution >= 4 is 11.8 Å². The van der Waals surface area contributed by atoms with Crippen LogP contribution in [0.3, 0.4) is 0 Å². The summed E-state index contributed by atoms with van der Waals surface area (Å²) in [5.74, 6) is 0.940. The largest absolute Gasteiger partial charge is 0.493 e. The van der Waals surface area contributed by atoms with Crippen molar-refractivity contribution in [3.05, 3.63) is 47.0 Å². The molecule has 38 heavy (non-hydrogen) atoms. The third-order valence-electron chi connectivity index (χ3n) is 7.21. The Morgan fingerprint density at radius 2 is 1.55 bits per heavy atom. The summed E-state index contributed by atoms with van der Waals surface area (Å²) in [6.07, 6.45) is 2.24. The Morgan fingerprint density at radius 3 is 2.16 bits per heavy atom. The molecule has 0 spiro atoms. The second-order valence-electron chi connectivity index (χ2n) is 9.33. The van der Waals surface area contributed by atoms with Crippen molar-refractivity contribution in [2.45, 2.75) is 38.6 Å². The molecule has 0 aromatic heterocycles. The van der Waals surface area contributed by atoms with E-state index in [4.69, 9.17) is 18.9 Å². The van der Waals surface area contributed by atoms with E-state index in [2.05, 4.69) is 24.1 Å². The average molecular weight is 528 g/mol. The number of rotatable bonds is 13. The predicted octanol–water partition coefficient (Wildman–Crippen LogP) is 3.87. The van der Waals surface area contributed by atoms with E-state index in [0.717, 1.165) is 38.0 Å². The fourth-order valence-electron chi connectivity index (χ4n) is 5.04. The maximum absolute atomic E-state index is 13.9. The lowest BCUT2D eigenvalue weighted by Gasteiger charge is -2.40. The molecule has 9 heteroatoms. The summed E-state index contributed by atoms with van der Waals surface area (Å²) in [6.45, 7) is 7.48. The molecule has 0 fully saturated rings. The number of nitrogens with zero attached hydrogens (tertiary/aromatic N) is 2. The van der Waals surface area contributed by atoms with E-state index in [1.807, 2.05) is 12.1 Å². The molecule has 0 saturated heterocycles. The molecule has 0 bridgehead atoms. The maximum atomic E-state index is 13.9. The second-order valence-corrected chi connectivity index (χ2v) is 9.33. The first kappa shape index (κ1) is 29.1. The van der Waals surface area contributed by atoms with Crippen LogP contribution >= 0.6 is 0 Å². The molecule has 1 aliphatic rings. The van der Waals surface area contributed by atoms with E-state index in [9.17, 15) is 9.59 Å². The van der Waals surface area contributed by atoms with Gasteiger partial charge in [0.05, 0.1) is 40.4 Å². The minimum Gasteiger partial charge on any atom is -0.493 e. The molecule has 0 aliphatic carbocycles.